The van der Waals surface area contributed by atoms with Crippen molar-refractivity contribution in [3.63, 3.8) is 0 Å². The van der Waals surface area contributed by atoms with Gasteiger partial charge in [0.2, 0.25) is 0 Å². The summed E-state index contributed by atoms with van der Waals surface area (Å²) in [6.45, 7) is 8.89. The molecular weight excluding hydrogens is 369 g/mol. The average Bonchev–Trinajstić information content (AvgIpc) is 2.64. The van der Waals surface area contributed by atoms with Gasteiger partial charge < -0.3 is 5.11 Å². The molecule has 1 N–H and O–H groups in total. The Morgan fingerprint density at radius 2 is 1.93 bits per heavy atom. The highest BCUT2D eigenvalue weighted by Gasteiger charge is 2.24. The van der Waals surface area contributed by atoms with Crippen LogP contribution in [-0.4, -0.2) is 17.1 Å². The summed E-state index contributed by atoms with van der Waals surface area (Å²) in [6.07, 6.45) is 13.2. The van der Waals surface area contributed by atoms with E-state index in [0.29, 0.717) is 0 Å². The lowest BCUT2D eigenvalue weighted by atomic mass is 9.75. The van der Waals surface area contributed by atoms with E-state index in [1.807, 2.05) is 12.2 Å². The maximum Gasteiger partial charge on any atom is 0.335 e. The Bertz CT molecular complexity index is 850. The first kappa shape index (κ1) is 22.7. The molecule has 1 aromatic rings. The van der Waals surface area contributed by atoms with Crippen LogP contribution in [0.1, 0.15) is 69.3 Å². The number of carboxylic acid groups (broad SMARTS) is 1. The van der Waals surface area contributed by atoms with Crippen molar-refractivity contribution >= 4 is 12.0 Å². The third kappa shape index (κ3) is 6.77. The Morgan fingerprint density at radius 3 is 2.55 bits per heavy atom. The number of nitrogens with zero attached hydrogens (tertiary/aromatic N) is 1. The zero-order valence-corrected chi connectivity index (χ0v) is 17.6. The second-order valence-electron chi connectivity index (χ2n) is 9.18. The van der Waals surface area contributed by atoms with Crippen LogP contribution < -0.4 is 0 Å². The summed E-state index contributed by atoms with van der Waals surface area (Å²) in [5, 5.41) is 12.2. The Kier molecular flexibility index (Phi) is 7.28. The van der Waals surface area contributed by atoms with Crippen LogP contribution >= 0.6 is 0 Å². The van der Waals surface area contributed by atoms with E-state index in [9.17, 15) is 14.1 Å². The summed E-state index contributed by atoms with van der Waals surface area (Å²) < 4.78 is 14.2. The molecular formula is C24H30FNO3. The Labute approximate surface area is 172 Å². The summed E-state index contributed by atoms with van der Waals surface area (Å²) in [4.78, 5) is 22.5. The molecule has 5 heteroatoms. The van der Waals surface area contributed by atoms with Crippen LogP contribution in [0.25, 0.3) is 6.08 Å². The molecule has 0 radical (unpaired) electrons. The highest BCUT2D eigenvalue weighted by Crippen LogP contribution is 2.36. The van der Waals surface area contributed by atoms with Crippen LogP contribution in [0.15, 0.2) is 53.3 Å². The zero-order chi connectivity index (χ0) is 21.7. The fourth-order valence-corrected chi connectivity index (χ4v) is 3.30. The lowest BCUT2D eigenvalue weighted by Gasteiger charge is -2.30. The molecule has 1 aliphatic rings. The van der Waals surface area contributed by atoms with Crippen LogP contribution in [0.3, 0.4) is 0 Å². The molecule has 1 aromatic carbocycles. The molecule has 0 saturated heterocycles. The van der Waals surface area contributed by atoms with Crippen molar-refractivity contribution in [2.45, 2.75) is 59.4 Å². The minimum absolute atomic E-state index is 0.00359. The number of rotatable bonds is 5. The van der Waals surface area contributed by atoms with Gasteiger partial charge in [-0.05, 0) is 54.2 Å². The average molecular weight is 400 g/mol. The number of hydrogen-bond donors (Lipinski definition) is 1. The zero-order valence-electron chi connectivity index (χ0n) is 17.6. The SMILES string of the molecule is CC1(C)C=CC(C(C=Cc2ccc(C(=O)O)cc2F)N=O)=CCCC(C)(C)CC1. The van der Waals surface area contributed by atoms with Gasteiger partial charge in [0, 0.05) is 5.56 Å². The van der Waals surface area contributed by atoms with Gasteiger partial charge >= 0.3 is 5.97 Å². The van der Waals surface area contributed by atoms with Gasteiger partial charge in [0.1, 0.15) is 11.9 Å². The molecule has 1 unspecified atom stereocenters. The molecule has 0 bridgehead atoms. The number of benzene rings is 1. The van der Waals surface area contributed by atoms with Crippen molar-refractivity contribution < 1.29 is 14.3 Å². The first-order chi connectivity index (χ1) is 13.5. The molecule has 29 heavy (non-hydrogen) atoms. The van der Waals surface area contributed by atoms with Crippen LogP contribution in [0, 0.1) is 21.6 Å². The third-order valence-corrected chi connectivity index (χ3v) is 5.53. The molecule has 2 rings (SSSR count). The van der Waals surface area contributed by atoms with E-state index in [1.54, 1.807) is 6.08 Å². The molecule has 1 atom stereocenters. The molecule has 156 valence electrons. The van der Waals surface area contributed by atoms with Crippen molar-refractivity contribution in [1.82, 2.24) is 0 Å². The van der Waals surface area contributed by atoms with Crippen molar-refractivity contribution in [1.29, 1.82) is 0 Å². The number of nitroso groups, excluding NO2 is 1. The maximum absolute atomic E-state index is 14.2. The first-order valence-electron chi connectivity index (χ1n) is 9.96. The van der Waals surface area contributed by atoms with E-state index in [2.05, 4.69) is 38.9 Å². The fraction of sp³-hybridized carbons (Fsp3) is 0.458. The second kappa shape index (κ2) is 9.29. The smallest absolute Gasteiger partial charge is 0.335 e. The van der Waals surface area contributed by atoms with Crippen molar-refractivity contribution in [3.8, 4) is 0 Å². The van der Waals surface area contributed by atoms with Crippen LogP contribution in [0.4, 0.5) is 4.39 Å². The summed E-state index contributed by atoms with van der Waals surface area (Å²) in [6, 6.07) is 2.96. The minimum Gasteiger partial charge on any atom is -0.478 e. The lowest BCUT2D eigenvalue weighted by molar-refractivity contribution is 0.0696. The predicted molar refractivity (Wildman–Crippen MR) is 115 cm³/mol. The van der Waals surface area contributed by atoms with Gasteiger partial charge in [-0.3, -0.25) is 0 Å². The van der Waals surface area contributed by atoms with Crippen molar-refractivity contribution in [2.24, 2.45) is 16.0 Å². The molecule has 0 heterocycles. The first-order valence-corrected chi connectivity index (χ1v) is 9.96. The van der Waals surface area contributed by atoms with Gasteiger partial charge in [-0.2, -0.15) is 0 Å². The normalized spacial score (nSPS) is 20.1. The molecule has 0 saturated carbocycles. The van der Waals surface area contributed by atoms with Gasteiger partial charge in [-0.25, -0.2) is 9.18 Å². The van der Waals surface area contributed by atoms with E-state index < -0.39 is 17.8 Å². The maximum atomic E-state index is 14.2. The summed E-state index contributed by atoms with van der Waals surface area (Å²) in [5.74, 6) is -1.83. The van der Waals surface area contributed by atoms with Gasteiger partial charge in [-0.15, -0.1) is 4.91 Å². The number of carbonyl (C=O) groups is 1. The Morgan fingerprint density at radius 1 is 1.21 bits per heavy atom. The van der Waals surface area contributed by atoms with Gasteiger partial charge in [0.15, 0.2) is 0 Å². The number of aromatic carboxylic acids is 1. The van der Waals surface area contributed by atoms with Crippen molar-refractivity contribution in [3.05, 3.63) is 69.9 Å². The number of hydrogen-bond acceptors (Lipinski definition) is 3. The molecule has 0 spiro atoms. The van der Waals surface area contributed by atoms with Gasteiger partial charge in [-0.1, -0.05) is 69.3 Å². The molecule has 0 amide bonds. The standard InChI is InChI=1S/C24H30FNO3/c1-23(2)12-5-6-18(11-13-24(3,4)15-14-23)21(26-29)10-9-17-7-8-19(22(27)28)16-20(17)25/h6-11,13,16,21H,5,12,14-15H2,1-4H3,(H,27,28). The Hall–Kier alpha value is -2.56. The summed E-state index contributed by atoms with van der Waals surface area (Å²) in [7, 11) is 0. The van der Waals surface area contributed by atoms with E-state index >= 15 is 0 Å². The van der Waals surface area contributed by atoms with E-state index in [1.165, 1.54) is 18.2 Å². The molecule has 0 fully saturated rings. The highest BCUT2D eigenvalue weighted by atomic mass is 19.1. The minimum atomic E-state index is -1.19. The topological polar surface area (TPSA) is 66.7 Å². The predicted octanol–water partition coefficient (Wildman–Crippen LogP) is 6.78. The van der Waals surface area contributed by atoms with E-state index in [4.69, 9.17) is 5.11 Å². The molecule has 0 aromatic heterocycles. The molecule has 0 aliphatic heterocycles. The van der Waals surface area contributed by atoms with Crippen LogP contribution in [0.5, 0.6) is 0 Å². The molecule has 1 aliphatic carbocycles. The lowest BCUT2D eigenvalue weighted by Crippen LogP contribution is -2.18. The highest BCUT2D eigenvalue weighted by molar-refractivity contribution is 5.87. The van der Waals surface area contributed by atoms with Crippen LogP contribution in [-0.2, 0) is 0 Å². The van der Waals surface area contributed by atoms with Gasteiger partial charge in [0.25, 0.3) is 0 Å². The second-order valence-corrected chi connectivity index (χ2v) is 9.18. The van der Waals surface area contributed by atoms with Crippen molar-refractivity contribution in [2.75, 3.05) is 0 Å². The Balaban J connectivity index is 2.29. The number of carboxylic acids is 1. The van der Waals surface area contributed by atoms with Crippen LogP contribution in [0.2, 0.25) is 0 Å². The number of allylic oxidation sites excluding steroid dienone is 2. The summed E-state index contributed by atoms with van der Waals surface area (Å²) in [5.41, 5.74) is 1.12. The molecule has 4 nitrogen and oxygen atoms in total. The van der Waals surface area contributed by atoms with E-state index in [-0.39, 0.29) is 22.0 Å². The van der Waals surface area contributed by atoms with E-state index in [0.717, 1.165) is 37.3 Å². The fourth-order valence-electron chi connectivity index (χ4n) is 3.30. The quantitative estimate of drug-likeness (QED) is 0.555. The van der Waals surface area contributed by atoms with Gasteiger partial charge in [0.05, 0.1) is 5.56 Å². The summed E-state index contributed by atoms with van der Waals surface area (Å²) >= 11 is 0. The largest absolute Gasteiger partial charge is 0.478 e. The monoisotopic (exact) mass is 399 g/mol. The number of halogens is 1. The third-order valence-electron chi connectivity index (χ3n) is 5.53.